The van der Waals surface area contributed by atoms with Crippen LogP contribution in [0.25, 0.3) is 0 Å². The Morgan fingerprint density at radius 1 is 0.870 bits per heavy atom. The van der Waals surface area contributed by atoms with Crippen molar-refractivity contribution in [3.63, 3.8) is 0 Å². The minimum Gasteiger partial charge on any atom is -0.395 e. The van der Waals surface area contributed by atoms with Crippen molar-refractivity contribution in [1.29, 1.82) is 0 Å². The number of hydrogen-bond donors (Lipinski definition) is 1. The molecule has 133 valence electrons. The van der Waals surface area contributed by atoms with Crippen LogP contribution in [0.2, 0.25) is 0 Å². The van der Waals surface area contributed by atoms with Crippen molar-refractivity contribution in [3.8, 4) is 0 Å². The summed E-state index contributed by atoms with van der Waals surface area (Å²) in [5.74, 6) is -1.25. The third kappa shape index (κ3) is 18.6. The minimum absolute atomic E-state index is 0. The van der Waals surface area contributed by atoms with Crippen molar-refractivity contribution in [2.24, 2.45) is 0 Å². The van der Waals surface area contributed by atoms with E-state index in [4.69, 9.17) is 5.11 Å². The summed E-state index contributed by atoms with van der Waals surface area (Å²) < 4.78 is 26.6. The first-order valence-electron chi connectivity index (χ1n) is 8.57. The van der Waals surface area contributed by atoms with Crippen LogP contribution in [0.4, 0.5) is 0 Å². The third-order valence-electron chi connectivity index (χ3n) is 3.55. The van der Waals surface area contributed by atoms with Crippen molar-refractivity contribution < 1.29 is 22.5 Å². The molecule has 0 heterocycles. The molecule has 0 bridgehead atoms. The fourth-order valence-electron chi connectivity index (χ4n) is 2.27. The second-order valence-corrected chi connectivity index (χ2v) is 7.42. The van der Waals surface area contributed by atoms with Gasteiger partial charge in [-0.15, -0.1) is 0 Å². The molecule has 0 aromatic rings. The van der Waals surface area contributed by atoms with Gasteiger partial charge in [-0.25, -0.2) is 0 Å². The maximum Gasteiger partial charge on any atom is 0.322 e. The normalized spacial score (nSPS) is 11.0. The molecule has 5 nitrogen and oxygen atoms in total. The molecule has 0 saturated heterocycles. The predicted octanol–water partition coefficient (Wildman–Crippen LogP) is 3.17. The van der Waals surface area contributed by atoms with Crippen LogP contribution in [-0.4, -0.2) is 61.4 Å². The van der Waals surface area contributed by atoms with Crippen LogP contribution in [0.1, 0.15) is 84.0 Å². The van der Waals surface area contributed by atoms with E-state index in [1.165, 1.54) is 51.4 Å². The largest absolute Gasteiger partial charge is 0.395 e. The van der Waals surface area contributed by atoms with Gasteiger partial charge in [-0.2, -0.15) is 8.42 Å². The second kappa shape index (κ2) is 17.2. The van der Waals surface area contributed by atoms with Gasteiger partial charge in [0, 0.05) is 36.0 Å². The van der Waals surface area contributed by atoms with E-state index in [2.05, 4.69) is 11.1 Å². The molecule has 0 amide bonds. The maximum atomic E-state index is 11.3. The van der Waals surface area contributed by atoms with Gasteiger partial charge in [0.25, 0.3) is 0 Å². The zero-order valence-electron chi connectivity index (χ0n) is 14.9. The molecule has 0 aromatic carbocycles. The second-order valence-electron chi connectivity index (χ2n) is 5.73. The Balaban J connectivity index is 0. The number of carbonyl (C=O) groups excluding carboxylic acids is 1. The summed E-state index contributed by atoms with van der Waals surface area (Å²) in [6, 6.07) is 0. The van der Waals surface area contributed by atoms with E-state index in [1.54, 1.807) is 0 Å². The van der Waals surface area contributed by atoms with E-state index in [9.17, 15) is 13.2 Å². The first-order chi connectivity index (χ1) is 10.5. The van der Waals surface area contributed by atoms with Gasteiger partial charge in [0.1, 0.15) is 5.75 Å². The smallest absolute Gasteiger partial charge is 0.322 e. The van der Waals surface area contributed by atoms with Gasteiger partial charge in [0.2, 0.25) is 0 Å². The Kier molecular flexibility index (Phi) is 19.2. The average molecular weight is 359 g/mol. The molecule has 1 radical (unpaired) electrons. The summed E-state index contributed by atoms with van der Waals surface area (Å²) in [7, 11) is -3.89. The SMILES string of the molecule is CCCCCCCCCCCCCC(=O)OS(=O)(=O)CCO.[Na]. The van der Waals surface area contributed by atoms with Crippen LogP contribution in [0.5, 0.6) is 0 Å². The third-order valence-corrected chi connectivity index (χ3v) is 4.67. The monoisotopic (exact) mass is 359 g/mol. The fourth-order valence-corrected chi connectivity index (χ4v) is 2.94. The topological polar surface area (TPSA) is 80.7 Å². The van der Waals surface area contributed by atoms with E-state index >= 15 is 0 Å². The molecule has 7 heteroatoms. The van der Waals surface area contributed by atoms with E-state index < -0.39 is 28.4 Å². The first kappa shape index (κ1) is 25.6. The molecule has 0 spiro atoms. The van der Waals surface area contributed by atoms with Crippen LogP contribution in [-0.2, 0) is 19.1 Å². The van der Waals surface area contributed by atoms with Crippen LogP contribution in [0, 0.1) is 0 Å². The fraction of sp³-hybridized carbons (Fsp3) is 0.938. The molecule has 0 aliphatic heterocycles. The first-order valence-corrected chi connectivity index (χ1v) is 10.2. The van der Waals surface area contributed by atoms with Crippen molar-refractivity contribution in [2.45, 2.75) is 84.0 Å². The summed E-state index contributed by atoms with van der Waals surface area (Å²) in [5, 5.41) is 8.52. The van der Waals surface area contributed by atoms with Crippen LogP contribution >= 0.6 is 0 Å². The van der Waals surface area contributed by atoms with Crippen molar-refractivity contribution in [3.05, 3.63) is 0 Å². The molecular weight excluding hydrogens is 327 g/mol. The van der Waals surface area contributed by atoms with Crippen molar-refractivity contribution in [2.75, 3.05) is 12.4 Å². The quantitative estimate of drug-likeness (QED) is 0.276. The summed E-state index contributed by atoms with van der Waals surface area (Å²) >= 11 is 0. The molecule has 0 saturated carbocycles. The van der Waals surface area contributed by atoms with Crippen LogP contribution in [0.3, 0.4) is 0 Å². The predicted molar refractivity (Wildman–Crippen MR) is 93.8 cm³/mol. The van der Waals surface area contributed by atoms with E-state index in [1.807, 2.05) is 0 Å². The van der Waals surface area contributed by atoms with Gasteiger partial charge in [-0.05, 0) is 6.42 Å². The Morgan fingerprint density at radius 2 is 1.30 bits per heavy atom. The zero-order valence-corrected chi connectivity index (χ0v) is 17.7. The molecule has 0 aliphatic rings. The Hall–Kier alpha value is 0.380. The molecule has 0 fully saturated rings. The molecule has 0 rings (SSSR count). The molecule has 1 N–H and O–H groups in total. The number of carbonyl (C=O) groups is 1. The standard InChI is InChI=1S/C16H32O5S.Na/c1-2-3-4-5-6-7-8-9-10-11-12-13-16(18)21-22(19,20)15-14-17;/h17H,2-15H2,1H3;. The van der Waals surface area contributed by atoms with E-state index in [0.717, 1.165) is 12.8 Å². The molecule has 0 aromatic heterocycles. The molecular formula is C16H32NaO5S. The number of rotatable bonds is 15. The number of aliphatic hydroxyl groups is 1. The van der Waals surface area contributed by atoms with Crippen LogP contribution < -0.4 is 0 Å². The maximum absolute atomic E-state index is 11.3. The minimum atomic E-state index is -3.89. The van der Waals surface area contributed by atoms with E-state index in [0.29, 0.717) is 6.42 Å². The Labute approximate surface area is 164 Å². The number of aliphatic hydroxyl groups excluding tert-OH is 1. The van der Waals surface area contributed by atoms with E-state index in [-0.39, 0.29) is 36.0 Å². The molecule has 0 aliphatic carbocycles. The Morgan fingerprint density at radius 3 is 1.74 bits per heavy atom. The van der Waals surface area contributed by atoms with Gasteiger partial charge in [0.15, 0.2) is 0 Å². The summed E-state index contributed by atoms with van der Waals surface area (Å²) in [6.45, 7) is 1.69. The van der Waals surface area contributed by atoms with Crippen LogP contribution in [0.15, 0.2) is 0 Å². The summed E-state index contributed by atoms with van der Waals surface area (Å²) in [5.41, 5.74) is 0. The van der Waals surface area contributed by atoms with Gasteiger partial charge in [-0.1, -0.05) is 71.1 Å². The van der Waals surface area contributed by atoms with Gasteiger partial charge in [-0.3, -0.25) is 4.79 Å². The molecule has 23 heavy (non-hydrogen) atoms. The van der Waals surface area contributed by atoms with Gasteiger partial charge >= 0.3 is 16.1 Å². The van der Waals surface area contributed by atoms with Crippen molar-refractivity contribution in [1.82, 2.24) is 0 Å². The Bertz CT molecular complexity index is 371. The number of unbranched alkanes of at least 4 members (excludes halogenated alkanes) is 10. The summed E-state index contributed by atoms with van der Waals surface area (Å²) in [6.07, 6.45) is 13.1. The van der Waals surface area contributed by atoms with Crippen molar-refractivity contribution >= 4 is 45.6 Å². The summed E-state index contributed by atoms with van der Waals surface area (Å²) in [4.78, 5) is 11.3. The average Bonchev–Trinajstić information content (AvgIpc) is 2.44. The van der Waals surface area contributed by atoms with Gasteiger partial charge < -0.3 is 9.29 Å². The molecule has 0 unspecified atom stereocenters. The zero-order chi connectivity index (χ0) is 16.7. The van der Waals surface area contributed by atoms with Gasteiger partial charge in [0.05, 0.1) is 6.61 Å². The number of hydrogen-bond acceptors (Lipinski definition) is 5. The molecule has 0 atom stereocenters.